The monoisotopic (exact) mass is 248 g/mol. The molecule has 1 saturated carbocycles. The van der Waals surface area contributed by atoms with Crippen molar-refractivity contribution in [2.45, 2.75) is 45.1 Å². The molecule has 0 aliphatic heterocycles. The van der Waals surface area contributed by atoms with Crippen molar-refractivity contribution in [1.29, 1.82) is 0 Å². The maximum atomic E-state index is 10.9. The summed E-state index contributed by atoms with van der Waals surface area (Å²) in [5.41, 5.74) is 0.286. The lowest BCUT2D eigenvalue weighted by Crippen LogP contribution is -2.26. The third-order valence-electron chi connectivity index (χ3n) is 3.70. The smallest absolute Gasteiger partial charge is 0.335 e. The van der Waals surface area contributed by atoms with Crippen LogP contribution in [0.1, 0.15) is 49.4 Å². The molecule has 1 aliphatic carbocycles. The largest absolute Gasteiger partial charge is 0.478 e. The molecule has 1 fully saturated rings. The average Bonchev–Trinajstić information content (AvgIpc) is 2.55. The molecule has 0 radical (unpaired) electrons. The molecular weight excluding hydrogens is 228 g/mol. The van der Waals surface area contributed by atoms with Gasteiger partial charge in [-0.2, -0.15) is 0 Å². The van der Waals surface area contributed by atoms with Gasteiger partial charge in [0.2, 0.25) is 0 Å². The number of carbonyl (C=O) groups is 1. The van der Waals surface area contributed by atoms with E-state index < -0.39 is 5.97 Å². The van der Waals surface area contributed by atoms with E-state index in [1.807, 2.05) is 0 Å². The Morgan fingerprint density at radius 1 is 1.39 bits per heavy atom. The predicted octanol–water partition coefficient (Wildman–Crippen LogP) is 3.16. The highest BCUT2D eigenvalue weighted by Gasteiger charge is 2.20. The van der Waals surface area contributed by atoms with Crippen molar-refractivity contribution in [1.82, 2.24) is 4.98 Å². The zero-order valence-corrected chi connectivity index (χ0v) is 10.7. The molecule has 0 amide bonds. The summed E-state index contributed by atoms with van der Waals surface area (Å²) in [5.74, 6) is 0.380. The van der Waals surface area contributed by atoms with E-state index >= 15 is 0 Å². The average molecular weight is 248 g/mol. The summed E-state index contributed by atoms with van der Waals surface area (Å²) < 4.78 is 0. The topological polar surface area (TPSA) is 62.2 Å². The van der Waals surface area contributed by atoms with Crippen molar-refractivity contribution < 1.29 is 9.90 Å². The van der Waals surface area contributed by atoms with Gasteiger partial charge in [0.25, 0.3) is 0 Å². The number of aromatic nitrogens is 1. The number of hydrogen-bond acceptors (Lipinski definition) is 3. The van der Waals surface area contributed by atoms with Crippen LogP contribution in [0.5, 0.6) is 0 Å². The highest BCUT2D eigenvalue weighted by Crippen LogP contribution is 2.25. The van der Waals surface area contributed by atoms with Gasteiger partial charge in [0.05, 0.1) is 5.56 Å². The standard InChI is InChI=1S/C14H20N2O2/c1-10-5-3-2-4-6-12(10)16-13-9-11(14(17)18)7-8-15-13/h7-10,12H,2-6H2,1H3,(H,15,16)(H,17,18). The quantitative estimate of drug-likeness (QED) is 0.806. The molecule has 0 bridgehead atoms. The van der Waals surface area contributed by atoms with Gasteiger partial charge in [-0.1, -0.05) is 26.2 Å². The van der Waals surface area contributed by atoms with Crippen molar-refractivity contribution in [2.24, 2.45) is 5.92 Å². The summed E-state index contributed by atoms with van der Waals surface area (Å²) in [4.78, 5) is 15.1. The predicted molar refractivity (Wildman–Crippen MR) is 70.9 cm³/mol. The molecule has 1 aliphatic rings. The fourth-order valence-corrected chi connectivity index (χ4v) is 2.54. The van der Waals surface area contributed by atoms with Crippen LogP contribution >= 0.6 is 0 Å². The summed E-state index contributed by atoms with van der Waals surface area (Å²) in [7, 11) is 0. The van der Waals surface area contributed by atoms with Gasteiger partial charge in [-0.05, 0) is 30.9 Å². The van der Waals surface area contributed by atoms with Gasteiger partial charge in [-0.15, -0.1) is 0 Å². The molecule has 18 heavy (non-hydrogen) atoms. The number of nitrogens with zero attached hydrogens (tertiary/aromatic N) is 1. The van der Waals surface area contributed by atoms with E-state index in [1.165, 1.54) is 31.7 Å². The van der Waals surface area contributed by atoms with Crippen molar-refractivity contribution in [3.8, 4) is 0 Å². The summed E-state index contributed by atoms with van der Waals surface area (Å²) in [6.45, 7) is 2.25. The Labute approximate surface area is 107 Å². The van der Waals surface area contributed by atoms with Crippen molar-refractivity contribution >= 4 is 11.8 Å². The van der Waals surface area contributed by atoms with E-state index in [1.54, 1.807) is 12.3 Å². The second kappa shape index (κ2) is 5.85. The van der Waals surface area contributed by atoms with E-state index in [2.05, 4.69) is 17.2 Å². The zero-order chi connectivity index (χ0) is 13.0. The van der Waals surface area contributed by atoms with Gasteiger partial charge in [0, 0.05) is 12.2 Å². The van der Waals surface area contributed by atoms with Gasteiger partial charge in [0.15, 0.2) is 0 Å². The van der Waals surface area contributed by atoms with Crippen LogP contribution in [0.2, 0.25) is 0 Å². The van der Waals surface area contributed by atoms with Crippen LogP contribution in [0.15, 0.2) is 18.3 Å². The first kappa shape index (κ1) is 12.9. The summed E-state index contributed by atoms with van der Waals surface area (Å²) >= 11 is 0. The molecule has 2 rings (SSSR count). The van der Waals surface area contributed by atoms with Crippen LogP contribution < -0.4 is 5.32 Å². The van der Waals surface area contributed by atoms with Gasteiger partial charge < -0.3 is 10.4 Å². The van der Waals surface area contributed by atoms with Crippen LogP contribution in [0, 0.1) is 5.92 Å². The van der Waals surface area contributed by atoms with Gasteiger partial charge >= 0.3 is 5.97 Å². The fourth-order valence-electron chi connectivity index (χ4n) is 2.54. The molecule has 1 aromatic heterocycles. The Kier molecular flexibility index (Phi) is 4.18. The number of pyridine rings is 1. The van der Waals surface area contributed by atoms with Crippen LogP contribution in [-0.4, -0.2) is 22.1 Å². The van der Waals surface area contributed by atoms with Crippen molar-refractivity contribution in [2.75, 3.05) is 5.32 Å². The minimum absolute atomic E-state index is 0.286. The number of carboxylic acids is 1. The summed E-state index contributed by atoms with van der Waals surface area (Å²) in [6.07, 6.45) is 7.75. The lowest BCUT2D eigenvalue weighted by Gasteiger charge is -2.23. The van der Waals surface area contributed by atoms with Gasteiger partial charge in [0.1, 0.15) is 5.82 Å². The number of nitrogens with one attached hydrogen (secondary N) is 1. The molecule has 4 heteroatoms. The second-order valence-corrected chi connectivity index (χ2v) is 5.10. The highest BCUT2D eigenvalue weighted by atomic mass is 16.4. The number of hydrogen-bond donors (Lipinski definition) is 2. The van der Waals surface area contributed by atoms with Crippen LogP contribution in [0.25, 0.3) is 0 Å². The molecule has 2 atom stereocenters. The lowest BCUT2D eigenvalue weighted by atomic mass is 9.97. The van der Waals surface area contributed by atoms with Crippen molar-refractivity contribution in [3.63, 3.8) is 0 Å². The Balaban J connectivity index is 2.07. The molecule has 2 unspecified atom stereocenters. The van der Waals surface area contributed by atoms with Gasteiger partial charge in [-0.25, -0.2) is 9.78 Å². The normalized spacial score (nSPS) is 24.3. The number of anilines is 1. The number of aromatic carboxylic acids is 1. The van der Waals surface area contributed by atoms with Crippen molar-refractivity contribution in [3.05, 3.63) is 23.9 Å². The third-order valence-corrected chi connectivity index (χ3v) is 3.70. The van der Waals surface area contributed by atoms with E-state index in [0.717, 1.165) is 6.42 Å². The Hall–Kier alpha value is -1.58. The molecule has 2 N–H and O–H groups in total. The summed E-state index contributed by atoms with van der Waals surface area (Å²) in [6, 6.07) is 3.54. The lowest BCUT2D eigenvalue weighted by molar-refractivity contribution is 0.0697. The molecule has 98 valence electrons. The first-order chi connectivity index (χ1) is 8.66. The number of rotatable bonds is 3. The molecule has 0 aromatic carbocycles. The molecule has 1 aromatic rings. The first-order valence-corrected chi connectivity index (χ1v) is 6.62. The fraction of sp³-hybridized carbons (Fsp3) is 0.571. The Morgan fingerprint density at radius 3 is 2.94 bits per heavy atom. The number of carboxylic acid groups (broad SMARTS) is 1. The highest BCUT2D eigenvalue weighted by molar-refractivity contribution is 5.88. The van der Waals surface area contributed by atoms with Crippen LogP contribution in [0.4, 0.5) is 5.82 Å². The van der Waals surface area contributed by atoms with E-state index in [0.29, 0.717) is 17.8 Å². The zero-order valence-electron chi connectivity index (χ0n) is 10.7. The second-order valence-electron chi connectivity index (χ2n) is 5.10. The Bertz CT molecular complexity index is 420. The first-order valence-electron chi connectivity index (χ1n) is 6.62. The maximum absolute atomic E-state index is 10.9. The van der Waals surface area contributed by atoms with Gasteiger partial charge in [-0.3, -0.25) is 0 Å². The summed E-state index contributed by atoms with van der Waals surface area (Å²) in [5, 5.41) is 12.3. The molecule has 0 spiro atoms. The third kappa shape index (κ3) is 3.22. The SMILES string of the molecule is CC1CCCCCC1Nc1cc(C(=O)O)ccn1. The minimum Gasteiger partial charge on any atom is -0.478 e. The maximum Gasteiger partial charge on any atom is 0.335 e. The van der Waals surface area contributed by atoms with E-state index in [4.69, 9.17) is 5.11 Å². The molecule has 0 saturated heterocycles. The minimum atomic E-state index is -0.908. The molecular formula is C14H20N2O2. The molecule has 1 heterocycles. The Morgan fingerprint density at radius 2 is 2.17 bits per heavy atom. The molecule has 4 nitrogen and oxygen atoms in total. The van der Waals surface area contributed by atoms with E-state index in [-0.39, 0.29) is 5.56 Å². The van der Waals surface area contributed by atoms with Crippen LogP contribution in [-0.2, 0) is 0 Å². The van der Waals surface area contributed by atoms with E-state index in [9.17, 15) is 4.79 Å². The van der Waals surface area contributed by atoms with Crippen LogP contribution in [0.3, 0.4) is 0 Å².